The Morgan fingerprint density at radius 1 is 0.815 bits per heavy atom. The van der Waals surface area contributed by atoms with Gasteiger partial charge in [-0.05, 0) is 48.2 Å². The Kier molecular flexibility index (Phi) is 3.50. The van der Waals surface area contributed by atoms with Crippen molar-refractivity contribution < 1.29 is 4.39 Å². The molecule has 0 spiro atoms. The minimum absolute atomic E-state index is 0.221. The molecule has 0 N–H and O–H groups in total. The lowest BCUT2D eigenvalue weighted by atomic mass is 9.96. The first-order chi connectivity index (χ1) is 13.2. The molecule has 0 aliphatic heterocycles. The van der Waals surface area contributed by atoms with Crippen molar-refractivity contribution in [1.29, 1.82) is 0 Å². The van der Waals surface area contributed by atoms with Gasteiger partial charge in [-0.25, -0.2) is 8.91 Å². The summed E-state index contributed by atoms with van der Waals surface area (Å²) in [5.41, 5.74) is 5.41. The van der Waals surface area contributed by atoms with E-state index in [1.54, 1.807) is 0 Å². The lowest BCUT2D eigenvalue weighted by Gasteiger charge is -2.09. The highest BCUT2D eigenvalue weighted by atomic mass is 19.1. The Bertz CT molecular complexity index is 1300. The van der Waals surface area contributed by atoms with Crippen molar-refractivity contribution in [2.24, 2.45) is 0 Å². The van der Waals surface area contributed by atoms with Crippen LogP contribution in [0, 0.1) is 12.7 Å². The molecule has 0 aliphatic carbocycles. The molecular formula is C23H16FN3. The van der Waals surface area contributed by atoms with Gasteiger partial charge in [0.15, 0.2) is 0 Å². The van der Waals surface area contributed by atoms with E-state index >= 15 is 0 Å². The molecule has 0 saturated heterocycles. The van der Waals surface area contributed by atoms with Crippen molar-refractivity contribution in [3.63, 3.8) is 0 Å². The summed E-state index contributed by atoms with van der Waals surface area (Å²) in [7, 11) is 0. The van der Waals surface area contributed by atoms with Crippen molar-refractivity contribution in [3.8, 4) is 22.5 Å². The lowest BCUT2D eigenvalue weighted by Crippen LogP contribution is -1.90. The number of hydrogen-bond acceptors (Lipinski definition) is 2. The van der Waals surface area contributed by atoms with E-state index in [0.29, 0.717) is 5.39 Å². The SMILES string of the molecule is Cc1cccc(-c2nn3ccccc3c2-c2ccc(F)c3ccccc23)n1. The first-order valence-corrected chi connectivity index (χ1v) is 8.81. The van der Waals surface area contributed by atoms with Crippen LogP contribution < -0.4 is 0 Å². The van der Waals surface area contributed by atoms with Gasteiger partial charge in [-0.1, -0.05) is 42.5 Å². The molecule has 0 amide bonds. The maximum absolute atomic E-state index is 14.4. The average Bonchev–Trinajstić information content (AvgIpc) is 3.08. The van der Waals surface area contributed by atoms with Crippen LogP contribution in [-0.4, -0.2) is 14.6 Å². The van der Waals surface area contributed by atoms with Crippen LogP contribution in [0.1, 0.15) is 5.69 Å². The van der Waals surface area contributed by atoms with Gasteiger partial charge in [0.2, 0.25) is 0 Å². The number of rotatable bonds is 2. The number of hydrogen-bond donors (Lipinski definition) is 0. The number of aryl methyl sites for hydroxylation is 1. The second-order valence-electron chi connectivity index (χ2n) is 6.56. The van der Waals surface area contributed by atoms with Gasteiger partial charge in [0.25, 0.3) is 0 Å². The topological polar surface area (TPSA) is 30.2 Å². The van der Waals surface area contributed by atoms with E-state index in [9.17, 15) is 4.39 Å². The average molecular weight is 353 g/mol. The Balaban J connectivity index is 1.92. The molecule has 5 rings (SSSR count). The summed E-state index contributed by atoms with van der Waals surface area (Å²) in [6, 6.07) is 22.8. The quantitative estimate of drug-likeness (QED) is 0.410. The molecule has 2 aromatic carbocycles. The van der Waals surface area contributed by atoms with Crippen LogP contribution in [-0.2, 0) is 0 Å². The highest BCUT2D eigenvalue weighted by Crippen LogP contribution is 2.38. The Labute approximate surface area is 155 Å². The summed E-state index contributed by atoms with van der Waals surface area (Å²) in [5, 5.41) is 6.26. The zero-order valence-corrected chi connectivity index (χ0v) is 14.7. The Hall–Kier alpha value is -3.53. The van der Waals surface area contributed by atoms with E-state index < -0.39 is 0 Å². The molecule has 0 unspecified atom stereocenters. The molecule has 27 heavy (non-hydrogen) atoms. The fraction of sp³-hybridized carbons (Fsp3) is 0.0435. The second kappa shape index (κ2) is 6.02. The standard InChI is InChI=1S/C23H16FN3/c1-15-7-6-10-20(25-15)23-22(21-11-4-5-14-27(21)26-23)18-12-13-19(24)17-9-3-2-8-16(17)18/h2-14H,1H3. The van der Waals surface area contributed by atoms with E-state index in [0.717, 1.165) is 39.1 Å². The predicted molar refractivity (Wildman–Crippen MR) is 106 cm³/mol. The van der Waals surface area contributed by atoms with Crippen LogP contribution in [0.3, 0.4) is 0 Å². The number of nitrogens with zero attached hydrogens (tertiary/aromatic N) is 3. The Morgan fingerprint density at radius 3 is 2.48 bits per heavy atom. The summed E-state index contributed by atoms with van der Waals surface area (Å²) in [6.45, 7) is 1.96. The predicted octanol–water partition coefficient (Wildman–Crippen LogP) is 5.66. The second-order valence-corrected chi connectivity index (χ2v) is 6.56. The minimum atomic E-state index is -0.221. The Morgan fingerprint density at radius 2 is 1.63 bits per heavy atom. The van der Waals surface area contributed by atoms with Crippen molar-refractivity contribution in [2.45, 2.75) is 6.92 Å². The maximum atomic E-state index is 14.4. The largest absolute Gasteiger partial charge is 0.251 e. The van der Waals surface area contributed by atoms with Crippen molar-refractivity contribution in [3.05, 3.63) is 90.5 Å². The fourth-order valence-electron chi connectivity index (χ4n) is 3.60. The van der Waals surface area contributed by atoms with E-state index in [4.69, 9.17) is 5.10 Å². The van der Waals surface area contributed by atoms with Gasteiger partial charge in [-0.3, -0.25) is 4.98 Å². The number of fused-ring (bicyclic) bond motifs is 2. The van der Waals surface area contributed by atoms with E-state index in [1.165, 1.54) is 6.07 Å². The zero-order chi connectivity index (χ0) is 18.4. The van der Waals surface area contributed by atoms with Crippen LogP contribution >= 0.6 is 0 Å². The summed E-state index contributed by atoms with van der Waals surface area (Å²) in [6.07, 6.45) is 1.92. The molecule has 130 valence electrons. The summed E-state index contributed by atoms with van der Waals surface area (Å²) >= 11 is 0. The van der Waals surface area contributed by atoms with E-state index in [-0.39, 0.29) is 5.82 Å². The lowest BCUT2D eigenvalue weighted by molar-refractivity contribution is 0.640. The van der Waals surface area contributed by atoms with Gasteiger partial charge < -0.3 is 0 Å². The van der Waals surface area contributed by atoms with E-state index in [1.807, 2.05) is 84.4 Å². The van der Waals surface area contributed by atoms with Crippen molar-refractivity contribution in [2.75, 3.05) is 0 Å². The van der Waals surface area contributed by atoms with Gasteiger partial charge in [-0.2, -0.15) is 5.10 Å². The van der Waals surface area contributed by atoms with Gasteiger partial charge in [0.05, 0.1) is 11.2 Å². The molecule has 4 heteroatoms. The van der Waals surface area contributed by atoms with Gasteiger partial charge in [-0.15, -0.1) is 0 Å². The van der Waals surface area contributed by atoms with Crippen LogP contribution in [0.25, 0.3) is 38.8 Å². The molecule has 0 fully saturated rings. The molecule has 0 bridgehead atoms. The third-order valence-electron chi connectivity index (χ3n) is 4.81. The minimum Gasteiger partial charge on any atom is -0.251 e. The van der Waals surface area contributed by atoms with Gasteiger partial charge in [0, 0.05) is 22.8 Å². The molecule has 0 radical (unpaired) electrons. The fourth-order valence-corrected chi connectivity index (χ4v) is 3.60. The zero-order valence-electron chi connectivity index (χ0n) is 14.7. The molecule has 0 aliphatic rings. The molecule has 0 saturated carbocycles. The van der Waals surface area contributed by atoms with Gasteiger partial charge in [0.1, 0.15) is 11.5 Å². The number of halogens is 1. The summed E-state index contributed by atoms with van der Waals surface area (Å²) in [5.74, 6) is -0.221. The molecule has 3 heterocycles. The van der Waals surface area contributed by atoms with Crippen molar-refractivity contribution >= 4 is 16.3 Å². The number of aromatic nitrogens is 3. The molecule has 5 aromatic rings. The van der Waals surface area contributed by atoms with Crippen LogP contribution in [0.2, 0.25) is 0 Å². The highest BCUT2D eigenvalue weighted by Gasteiger charge is 2.19. The van der Waals surface area contributed by atoms with Crippen molar-refractivity contribution in [1.82, 2.24) is 14.6 Å². The first-order valence-electron chi connectivity index (χ1n) is 8.81. The monoisotopic (exact) mass is 353 g/mol. The summed E-state index contributed by atoms with van der Waals surface area (Å²) in [4.78, 5) is 4.67. The smallest absolute Gasteiger partial charge is 0.131 e. The number of pyridine rings is 2. The normalized spacial score (nSPS) is 11.3. The third-order valence-corrected chi connectivity index (χ3v) is 4.81. The van der Waals surface area contributed by atoms with Crippen LogP contribution in [0.15, 0.2) is 79.0 Å². The molecule has 3 aromatic heterocycles. The summed E-state index contributed by atoms with van der Waals surface area (Å²) < 4.78 is 16.2. The van der Waals surface area contributed by atoms with Gasteiger partial charge >= 0.3 is 0 Å². The number of benzene rings is 2. The van der Waals surface area contributed by atoms with E-state index in [2.05, 4.69) is 4.98 Å². The first kappa shape index (κ1) is 15.7. The third kappa shape index (κ3) is 2.49. The molecular weight excluding hydrogens is 337 g/mol. The highest BCUT2D eigenvalue weighted by molar-refractivity contribution is 6.04. The van der Waals surface area contributed by atoms with Crippen LogP contribution in [0.4, 0.5) is 4.39 Å². The molecule has 0 atom stereocenters. The molecule has 3 nitrogen and oxygen atoms in total. The maximum Gasteiger partial charge on any atom is 0.131 e. The van der Waals surface area contributed by atoms with Crippen LogP contribution in [0.5, 0.6) is 0 Å².